The molecule has 0 spiro atoms. The van der Waals surface area contributed by atoms with Crippen molar-refractivity contribution < 1.29 is 14.8 Å². The second kappa shape index (κ2) is 3.53. The highest BCUT2D eigenvalue weighted by Crippen LogP contribution is 2.31. The van der Waals surface area contributed by atoms with E-state index in [-0.39, 0.29) is 12.0 Å². The number of carbonyl (C=O) groups is 1. The molecule has 76 valence electrons. The number of hydrogen-bond donors (Lipinski definition) is 1. The molecule has 0 aromatic rings. The third kappa shape index (κ3) is 1.84. The predicted octanol–water partition coefficient (Wildman–Crippen LogP) is 1.72. The van der Waals surface area contributed by atoms with E-state index in [0.29, 0.717) is 4.48 Å². The second-order valence-corrected chi connectivity index (χ2v) is 4.09. The number of carboxylic acids is 1. The van der Waals surface area contributed by atoms with Crippen LogP contribution >= 0.6 is 15.9 Å². The van der Waals surface area contributed by atoms with E-state index in [2.05, 4.69) is 15.9 Å². The molecule has 0 aliphatic heterocycles. The van der Waals surface area contributed by atoms with Gasteiger partial charge in [-0.05, 0) is 0 Å². The molecule has 0 aromatic carbocycles. The topological polar surface area (TPSA) is 80.4 Å². The van der Waals surface area contributed by atoms with Gasteiger partial charge >= 0.3 is 5.97 Å². The third-order valence-electron chi connectivity index (χ3n) is 2.05. The minimum absolute atomic E-state index is 0.0598. The lowest BCUT2D eigenvalue weighted by Gasteiger charge is -2.20. The van der Waals surface area contributed by atoms with Crippen molar-refractivity contribution in [2.75, 3.05) is 0 Å². The summed E-state index contributed by atoms with van der Waals surface area (Å²) in [5.74, 6) is -1.17. The lowest BCUT2D eigenvalue weighted by molar-refractivity contribution is -0.549. The van der Waals surface area contributed by atoms with Crippen molar-refractivity contribution in [1.82, 2.24) is 0 Å². The van der Waals surface area contributed by atoms with Crippen LogP contribution < -0.4 is 0 Å². The van der Waals surface area contributed by atoms with Gasteiger partial charge in [0.05, 0.1) is 5.57 Å². The summed E-state index contributed by atoms with van der Waals surface area (Å²) in [5, 5.41) is 19.4. The summed E-state index contributed by atoms with van der Waals surface area (Å²) in [6.45, 7) is 1.39. The van der Waals surface area contributed by atoms with Gasteiger partial charge in [-0.2, -0.15) is 0 Å². The fourth-order valence-corrected chi connectivity index (χ4v) is 1.58. The van der Waals surface area contributed by atoms with Crippen LogP contribution in [0.2, 0.25) is 0 Å². The zero-order valence-corrected chi connectivity index (χ0v) is 8.94. The smallest absolute Gasteiger partial charge is 0.336 e. The van der Waals surface area contributed by atoms with Gasteiger partial charge in [0.15, 0.2) is 0 Å². The summed E-state index contributed by atoms with van der Waals surface area (Å²) in [7, 11) is 0. The van der Waals surface area contributed by atoms with Crippen LogP contribution in [0.4, 0.5) is 0 Å². The van der Waals surface area contributed by atoms with Crippen LogP contribution in [0.5, 0.6) is 0 Å². The van der Waals surface area contributed by atoms with Crippen LogP contribution in [0.15, 0.2) is 22.2 Å². The molecule has 1 aliphatic carbocycles. The molecule has 0 saturated carbocycles. The van der Waals surface area contributed by atoms with Crippen molar-refractivity contribution in [2.45, 2.75) is 18.9 Å². The van der Waals surface area contributed by atoms with Gasteiger partial charge in [-0.15, -0.1) is 0 Å². The summed E-state index contributed by atoms with van der Waals surface area (Å²) in [4.78, 5) is 20.9. The van der Waals surface area contributed by atoms with E-state index in [0.717, 1.165) is 0 Å². The summed E-state index contributed by atoms with van der Waals surface area (Å²) in [6, 6.07) is 0. The maximum Gasteiger partial charge on any atom is 0.336 e. The largest absolute Gasteiger partial charge is 0.478 e. The first kappa shape index (κ1) is 10.9. The van der Waals surface area contributed by atoms with Crippen LogP contribution in [0.3, 0.4) is 0 Å². The number of aliphatic carboxylic acids is 1. The molecule has 0 bridgehead atoms. The Hall–Kier alpha value is -1.17. The highest BCUT2D eigenvalue weighted by Gasteiger charge is 2.38. The second-order valence-electron chi connectivity index (χ2n) is 3.23. The highest BCUT2D eigenvalue weighted by molar-refractivity contribution is 9.12. The van der Waals surface area contributed by atoms with Crippen molar-refractivity contribution >= 4 is 21.9 Å². The highest BCUT2D eigenvalue weighted by atomic mass is 79.9. The number of nitro groups is 1. The summed E-state index contributed by atoms with van der Waals surface area (Å²) >= 11 is 3.05. The van der Waals surface area contributed by atoms with Gasteiger partial charge < -0.3 is 5.11 Å². The monoisotopic (exact) mass is 261 g/mol. The summed E-state index contributed by atoms with van der Waals surface area (Å²) in [6.07, 6.45) is 2.86. The zero-order chi connectivity index (χ0) is 10.9. The average Bonchev–Trinajstić information content (AvgIpc) is 2.09. The van der Waals surface area contributed by atoms with Gasteiger partial charge in [0.2, 0.25) is 5.54 Å². The quantitative estimate of drug-likeness (QED) is 0.606. The Labute approximate surface area is 88.4 Å². The molecule has 0 radical (unpaired) electrons. The van der Waals surface area contributed by atoms with E-state index in [4.69, 9.17) is 5.11 Å². The standard InChI is InChI=1S/C8H8BrNO4/c1-8(10(13)14)3-2-6(9)5(4-8)7(11)12/h2,4H,3H2,1H3,(H,11,12). The average molecular weight is 262 g/mol. The van der Waals surface area contributed by atoms with Crippen molar-refractivity contribution in [3.8, 4) is 0 Å². The van der Waals surface area contributed by atoms with Gasteiger partial charge in [0.1, 0.15) is 0 Å². The Balaban J connectivity index is 3.13. The normalized spacial score (nSPS) is 26.4. The van der Waals surface area contributed by atoms with Crippen LogP contribution in [0, 0.1) is 10.1 Å². The molecule has 0 aromatic heterocycles. The molecular formula is C8H8BrNO4. The van der Waals surface area contributed by atoms with E-state index in [9.17, 15) is 14.9 Å². The molecular weight excluding hydrogens is 254 g/mol. The number of hydrogen-bond acceptors (Lipinski definition) is 3. The lowest BCUT2D eigenvalue weighted by atomic mass is 9.91. The first-order valence-corrected chi connectivity index (χ1v) is 4.63. The minimum atomic E-state index is -1.31. The molecule has 1 aliphatic rings. The Bertz CT molecular complexity index is 360. The van der Waals surface area contributed by atoms with Crippen LogP contribution in [0.25, 0.3) is 0 Å². The first-order valence-electron chi connectivity index (χ1n) is 3.83. The Morgan fingerprint density at radius 1 is 1.79 bits per heavy atom. The number of carboxylic acid groups (broad SMARTS) is 1. The number of rotatable bonds is 2. The molecule has 0 saturated heterocycles. The molecule has 6 heteroatoms. The van der Waals surface area contributed by atoms with Gasteiger partial charge in [0.25, 0.3) is 0 Å². The maximum absolute atomic E-state index is 10.7. The van der Waals surface area contributed by atoms with Crippen molar-refractivity contribution in [1.29, 1.82) is 0 Å². The molecule has 1 atom stereocenters. The third-order valence-corrected chi connectivity index (χ3v) is 2.81. The van der Waals surface area contributed by atoms with Crippen molar-refractivity contribution in [3.05, 3.63) is 32.3 Å². The molecule has 14 heavy (non-hydrogen) atoms. The maximum atomic E-state index is 10.7. The van der Waals surface area contributed by atoms with Crippen LogP contribution in [-0.4, -0.2) is 21.5 Å². The zero-order valence-electron chi connectivity index (χ0n) is 7.36. The van der Waals surface area contributed by atoms with Gasteiger partial charge in [-0.1, -0.05) is 22.0 Å². The molecule has 0 fully saturated rings. The minimum Gasteiger partial charge on any atom is -0.478 e. The Morgan fingerprint density at radius 3 is 2.79 bits per heavy atom. The van der Waals surface area contributed by atoms with Gasteiger partial charge in [0, 0.05) is 28.8 Å². The van der Waals surface area contributed by atoms with Gasteiger partial charge in [-0.25, -0.2) is 4.79 Å². The molecule has 1 rings (SSSR count). The summed E-state index contributed by atoms with van der Waals surface area (Å²) in [5.41, 5.74) is -1.37. The molecule has 0 amide bonds. The first-order chi connectivity index (χ1) is 6.37. The summed E-state index contributed by atoms with van der Waals surface area (Å²) < 4.78 is 0.393. The number of nitrogens with zero attached hydrogens (tertiary/aromatic N) is 1. The number of halogens is 1. The predicted molar refractivity (Wildman–Crippen MR) is 52.7 cm³/mol. The van der Waals surface area contributed by atoms with Crippen LogP contribution in [0.1, 0.15) is 13.3 Å². The van der Waals surface area contributed by atoms with Gasteiger partial charge in [-0.3, -0.25) is 10.1 Å². The van der Waals surface area contributed by atoms with E-state index >= 15 is 0 Å². The fraction of sp³-hybridized carbons (Fsp3) is 0.375. The SMILES string of the molecule is CC1([N+](=O)[O-])C=C(C(=O)O)C(Br)=CC1. The molecule has 1 N–H and O–H groups in total. The van der Waals surface area contributed by atoms with Crippen molar-refractivity contribution in [3.63, 3.8) is 0 Å². The van der Waals surface area contributed by atoms with Crippen molar-refractivity contribution in [2.24, 2.45) is 0 Å². The molecule has 0 heterocycles. The Kier molecular flexibility index (Phi) is 2.75. The Morgan fingerprint density at radius 2 is 2.36 bits per heavy atom. The van der Waals surface area contributed by atoms with E-state index in [1.807, 2.05) is 0 Å². The lowest BCUT2D eigenvalue weighted by Crippen LogP contribution is -2.34. The van der Waals surface area contributed by atoms with E-state index in [1.54, 1.807) is 0 Å². The van der Waals surface area contributed by atoms with E-state index < -0.39 is 16.4 Å². The molecule has 5 nitrogen and oxygen atoms in total. The van der Waals surface area contributed by atoms with Crippen LogP contribution in [-0.2, 0) is 4.79 Å². The molecule has 1 unspecified atom stereocenters. The fourth-order valence-electron chi connectivity index (χ4n) is 1.14. The van der Waals surface area contributed by atoms with E-state index in [1.165, 1.54) is 19.1 Å².